The van der Waals surface area contributed by atoms with Gasteiger partial charge in [-0.15, -0.1) is 0 Å². The van der Waals surface area contributed by atoms with E-state index in [0.29, 0.717) is 47.5 Å². The summed E-state index contributed by atoms with van der Waals surface area (Å²) in [7, 11) is 0. The molecule has 1 fully saturated rings. The van der Waals surface area contributed by atoms with Crippen LogP contribution in [0.25, 0.3) is 11.2 Å². The van der Waals surface area contributed by atoms with Crippen LogP contribution < -0.4 is 10.6 Å². The Bertz CT molecular complexity index is 930. The maximum Gasteiger partial charge on any atom is 0.208 e. The number of pyridine rings is 1. The molecule has 0 saturated carbocycles. The fraction of sp³-hybridized carbons (Fsp3) is 0.375. The molecular formula is C16H16ClF2N7. The topological polar surface area (TPSA) is 85.8 Å². The van der Waals surface area contributed by atoms with E-state index >= 15 is 0 Å². The minimum absolute atomic E-state index is 0.249. The van der Waals surface area contributed by atoms with Gasteiger partial charge in [0.05, 0.1) is 29.3 Å². The summed E-state index contributed by atoms with van der Waals surface area (Å²) in [5.41, 5.74) is 6.78. The molecule has 0 amide bonds. The van der Waals surface area contributed by atoms with Gasteiger partial charge in [0.2, 0.25) is 5.95 Å². The number of imidazole rings is 1. The van der Waals surface area contributed by atoms with Crippen molar-refractivity contribution in [2.24, 2.45) is 5.73 Å². The Labute approximate surface area is 152 Å². The average Bonchev–Trinajstić information content (AvgIpc) is 2.97. The molecule has 0 bridgehead atoms. The van der Waals surface area contributed by atoms with Gasteiger partial charge in [-0.25, -0.2) is 23.7 Å². The summed E-state index contributed by atoms with van der Waals surface area (Å²) in [5, 5.41) is 0.424. The molecule has 0 aromatic carbocycles. The number of alkyl halides is 1. The van der Waals surface area contributed by atoms with Crippen molar-refractivity contribution in [3.63, 3.8) is 0 Å². The monoisotopic (exact) mass is 379 g/mol. The molecule has 0 spiro atoms. The second-order valence-electron chi connectivity index (χ2n) is 6.23. The molecule has 10 heteroatoms. The Balaban J connectivity index is 1.77. The van der Waals surface area contributed by atoms with Crippen molar-refractivity contribution >= 4 is 28.7 Å². The zero-order chi connectivity index (χ0) is 18.3. The molecular weight excluding hydrogens is 364 g/mol. The summed E-state index contributed by atoms with van der Waals surface area (Å²) in [6.07, 6.45) is 3.36. The summed E-state index contributed by atoms with van der Waals surface area (Å²) in [5.74, 6) is 0.560. The lowest BCUT2D eigenvalue weighted by Crippen LogP contribution is -2.50. The van der Waals surface area contributed by atoms with E-state index in [1.54, 1.807) is 4.57 Å². The highest BCUT2D eigenvalue weighted by atomic mass is 35.5. The first-order chi connectivity index (χ1) is 12.5. The standard InChI is InChI=1S/C16H16ClF2N7/c17-9-4-21-14(22-5-9)8-26-13-3-10(18)6-23-15(13)24-16(26)25-2-1-11(19)12(20)7-25/h3-6,11-12H,1-2,7-8,20H2/t11-,12-/m1/s1. The normalized spacial score (nSPS) is 20.7. The van der Waals surface area contributed by atoms with Crippen molar-refractivity contribution in [1.29, 1.82) is 0 Å². The lowest BCUT2D eigenvalue weighted by molar-refractivity contribution is 0.243. The lowest BCUT2D eigenvalue weighted by Gasteiger charge is -2.33. The Kier molecular flexibility index (Phi) is 4.41. The molecule has 7 nitrogen and oxygen atoms in total. The zero-order valence-electron chi connectivity index (χ0n) is 13.7. The molecule has 2 atom stereocenters. The maximum absolute atomic E-state index is 13.7. The van der Waals surface area contributed by atoms with Crippen LogP contribution in [0.4, 0.5) is 14.7 Å². The fourth-order valence-electron chi connectivity index (χ4n) is 3.06. The van der Waals surface area contributed by atoms with E-state index < -0.39 is 18.0 Å². The van der Waals surface area contributed by atoms with Gasteiger partial charge in [-0.2, -0.15) is 4.98 Å². The number of piperidine rings is 1. The Hall–Kier alpha value is -2.39. The van der Waals surface area contributed by atoms with E-state index in [2.05, 4.69) is 19.9 Å². The first kappa shape index (κ1) is 17.0. The Morgan fingerprint density at radius 3 is 2.73 bits per heavy atom. The van der Waals surface area contributed by atoms with Crippen molar-refractivity contribution in [2.75, 3.05) is 18.0 Å². The second kappa shape index (κ2) is 6.73. The van der Waals surface area contributed by atoms with E-state index in [0.717, 1.165) is 6.20 Å². The van der Waals surface area contributed by atoms with Gasteiger partial charge in [0.25, 0.3) is 0 Å². The third kappa shape index (κ3) is 3.19. The van der Waals surface area contributed by atoms with Crippen LogP contribution in [-0.4, -0.2) is 49.8 Å². The van der Waals surface area contributed by atoms with Crippen LogP contribution in [0.15, 0.2) is 24.7 Å². The molecule has 0 aliphatic carbocycles. The Morgan fingerprint density at radius 2 is 2.00 bits per heavy atom. The lowest BCUT2D eigenvalue weighted by atomic mass is 10.1. The molecule has 3 aromatic heterocycles. The zero-order valence-corrected chi connectivity index (χ0v) is 14.4. The first-order valence-electron chi connectivity index (χ1n) is 8.14. The number of anilines is 1. The highest BCUT2D eigenvalue weighted by molar-refractivity contribution is 6.30. The van der Waals surface area contributed by atoms with E-state index in [1.807, 2.05) is 4.90 Å². The van der Waals surface area contributed by atoms with E-state index in [-0.39, 0.29) is 6.54 Å². The molecule has 136 valence electrons. The second-order valence-corrected chi connectivity index (χ2v) is 6.66. The van der Waals surface area contributed by atoms with Gasteiger partial charge >= 0.3 is 0 Å². The van der Waals surface area contributed by atoms with Gasteiger partial charge < -0.3 is 15.2 Å². The van der Waals surface area contributed by atoms with Crippen LogP contribution in [-0.2, 0) is 6.54 Å². The van der Waals surface area contributed by atoms with E-state index in [1.165, 1.54) is 18.5 Å². The Morgan fingerprint density at radius 1 is 1.23 bits per heavy atom. The molecule has 4 heterocycles. The summed E-state index contributed by atoms with van der Waals surface area (Å²) >= 11 is 5.83. The minimum atomic E-state index is -1.04. The molecule has 2 N–H and O–H groups in total. The number of hydrogen-bond acceptors (Lipinski definition) is 6. The third-order valence-corrected chi connectivity index (χ3v) is 4.57. The SMILES string of the molecule is N[C@@H]1CN(c2nc3ncc(F)cc3n2Cc2ncc(Cl)cn2)CC[C@H]1F. The molecule has 0 unspecified atom stereocenters. The van der Waals surface area contributed by atoms with Crippen LogP contribution >= 0.6 is 11.6 Å². The average molecular weight is 380 g/mol. The molecule has 4 rings (SSSR count). The van der Waals surface area contributed by atoms with E-state index in [4.69, 9.17) is 17.3 Å². The molecule has 3 aromatic rings. The van der Waals surface area contributed by atoms with Crippen molar-refractivity contribution in [3.8, 4) is 0 Å². The van der Waals surface area contributed by atoms with Crippen LogP contribution in [0, 0.1) is 5.82 Å². The number of rotatable bonds is 3. The smallest absolute Gasteiger partial charge is 0.208 e. The van der Waals surface area contributed by atoms with Crippen LogP contribution in [0.5, 0.6) is 0 Å². The van der Waals surface area contributed by atoms with Crippen molar-refractivity contribution in [3.05, 3.63) is 41.3 Å². The summed E-state index contributed by atoms with van der Waals surface area (Å²) < 4.78 is 29.2. The van der Waals surface area contributed by atoms with Crippen LogP contribution in [0.1, 0.15) is 12.2 Å². The quantitative estimate of drug-likeness (QED) is 0.748. The molecule has 1 aliphatic heterocycles. The highest BCUT2D eigenvalue weighted by Gasteiger charge is 2.29. The number of hydrogen-bond donors (Lipinski definition) is 1. The van der Waals surface area contributed by atoms with Crippen LogP contribution in [0.2, 0.25) is 5.02 Å². The first-order valence-corrected chi connectivity index (χ1v) is 8.52. The molecule has 26 heavy (non-hydrogen) atoms. The summed E-state index contributed by atoms with van der Waals surface area (Å²) in [6, 6.07) is 0.754. The summed E-state index contributed by atoms with van der Waals surface area (Å²) in [6.45, 7) is 1.02. The summed E-state index contributed by atoms with van der Waals surface area (Å²) in [4.78, 5) is 18.8. The fourth-order valence-corrected chi connectivity index (χ4v) is 3.16. The van der Waals surface area contributed by atoms with Gasteiger partial charge in [-0.05, 0) is 6.42 Å². The number of nitrogens with two attached hydrogens (primary N) is 1. The van der Waals surface area contributed by atoms with E-state index in [9.17, 15) is 8.78 Å². The van der Waals surface area contributed by atoms with Gasteiger partial charge in [0.15, 0.2) is 5.65 Å². The minimum Gasteiger partial charge on any atom is -0.340 e. The van der Waals surface area contributed by atoms with Crippen molar-refractivity contribution in [1.82, 2.24) is 24.5 Å². The highest BCUT2D eigenvalue weighted by Crippen LogP contribution is 2.26. The predicted molar refractivity (Wildman–Crippen MR) is 93.3 cm³/mol. The van der Waals surface area contributed by atoms with Crippen molar-refractivity contribution in [2.45, 2.75) is 25.2 Å². The number of fused-ring (bicyclic) bond motifs is 1. The number of nitrogens with zero attached hydrogens (tertiary/aromatic N) is 6. The maximum atomic E-state index is 13.7. The number of aromatic nitrogens is 5. The molecule has 0 radical (unpaired) electrons. The third-order valence-electron chi connectivity index (χ3n) is 4.38. The van der Waals surface area contributed by atoms with Gasteiger partial charge in [0.1, 0.15) is 17.8 Å². The molecule has 1 aliphatic rings. The van der Waals surface area contributed by atoms with Gasteiger partial charge in [-0.3, -0.25) is 0 Å². The van der Waals surface area contributed by atoms with Crippen LogP contribution in [0.3, 0.4) is 0 Å². The molecule has 1 saturated heterocycles. The predicted octanol–water partition coefficient (Wildman–Crippen LogP) is 1.94. The van der Waals surface area contributed by atoms with Gasteiger partial charge in [-0.1, -0.05) is 11.6 Å². The van der Waals surface area contributed by atoms with Gasteiger partial charge in [0, 0.05) is 31.5 Å². The number of halogens is 3. The van der Waals surface area contributed by atoms with Crippen molar-refractivity contribution < 1.29 is 8.78 Å². The largest absolute Gasteiger partial charge is 0.340 e.